The lowest BCUT2D eigenvalue weighted by molar-refractivity contribution is 0.276. The number of aliphatic hydroxyl groups excluding tert-OH is 1. The van der Waals surface area contributed by atoms with E-state index in [1.54, 1.807) is 0 Å². The van der Waals surface area contributed by atoms with Crippen molar-refractivity contribution >= 4 is 17.2 Å². The second-order valence-electron chi connectivity index (χ2n) is 4.89. The van der Waals surface area contributed by atoms with Crippen LogP contribution in [0, 0.1) is 13.8 Å². The van der Waals surface area contributed by atoms with Gasteiger partial charge >= 0.3 is 0 Å². The van der Waals surface area contributed by atoms with Crippen molar-refractivity contribution in [1.82, 2.24) is 9.38 Å². The third-order valence-electron chi connectivity index (χ3n) is 3.52. The number of pyridine rings is 1. The van der Waals surface area contributed by atoms with Gasteiger partial charge in [0.2, 0.25) is 0 Å². The lowest BCUT2D eigenvalue weighted by Crippen LogP contribution is -1.97. The summed E-state index contributed by atoms with van der Waals surface area (Å²) in [7, 11) is 0. The van der Waals surface area contributed by atoms with E-state index in [0.717, 1.165) is 38.9 Å². The number of hydrogen-bond acceptors (Lipinski definition) is 2. The van der Waals surface area contributed by atoms with Gasteiger partial charge in [0.05, 0.1) is 18.0 Å². The Balaban J connectivity index is 2.30. The molecule has 0 radical (unpaired) electrons. The average molecular weight is 287 g/mol. The Hall–Kier alpha value is -1.84. The molecule has 0 unspecified atom stereocenters. The first-order valence-electron chi connectivity index (χ1n) is 6.46. The summed E-state index contributed by atoms with van der Waals surface area (Å²) < 4.78 is 1.99. The molecule has 20 heavy (non-hydrogen) atoms. The Morgan fingerprint density at radius 3 is 2.70 bits per heavy atom. The molecule has 2 heterocycles. The maximum atomic E-state index is 9.73. The fourth-order valence-corrected chi connectivity index (χ4v) is 2.61. The first kappa shape index (κ1) is 13.2. The summed E-state index contributed by atoms with van der Waals surface area (Å²) in [5.74, 6) is 0. The minimum absolute atomic E-state index is 0.0526. The molecule has 0 bridgehead atoms. The first-order valence-corrected chi connectivity index (χ1v) is 6.84. The molecule has 0 aliphatic rings. The van der Waals surface area contributed by atoms with Gasteiger partial charge in [-0.1, -0.05) is 23.7 Å². The third kappa shape index (κ3) is 1.99. The van der Waals surface area contributed by atoms with Gasteiger partial charge in [-0.25, -0.2) is 4.98 Å². The van der Waals surface area contributed by atoms with Crippen LogP contribution in [0.15, 0.2) is 36.4 Å². The zero-order valence-corrected chi connectivity index (χ0v) is 12.1. The minimum atomic E-state index is -0.0526. The molecule has 0 amide bonds. The number of imidazole rings is 1. The van der Waals surface area contributed by atoms with Crippen LogP contribution in [0.2, 0.25) is 5.02 Å². The summed E-state index contributed by atoms with van der Waals surface area (Å²) in [5, 5.41) is 10.5. The monoisotopic (exact) mass is 286 g/mol. The smallest absolute Gasteiger partial charge is 0.137 e. The SMILES string of the molecule is Cc1cc(-c2nc3cccc(C)n3c2CO)ccc1Cl. The highest BCUT2D eigenvalue weighted by atomic mass is 35.5. The van der Waals surface area contributed by atoms with Crippen molar-refractivity contribution in [2.45, 2.75) is 20.5 Å². The minimum Gasteiger partial charge on any atom is -0.390 e. The maximum Gasteiger partial charge on any atom is 0.137 e. The van der Waals surface area contributed by atoms with E-state index in [0.29, 0.717) is 0 Å². The fraction of sp³-hybridized carbons (Fsp3) is 0.188. The average Bonchev–Trinajstić information content (AvgIpc) is 2.82. The predicted octanol–water partition coefficient (Wildman–Crippen LogP) is 3.76. The molecule has 0 aliphatic carbocycles. The van der Waals surface area contributed by atoms with Crippen LogP contribution in [0.4, 0.5) is 0 Å². The van der Waals surface area contributed by atoms with Crippen LogP contribution >= 0.6 is 11.6 Å². The number of aromatic nitrogens is 2. The lowest BCUT2D eigenvalue weighted by atomic mass is 10.1. The largest absolute Gasteiger partial charge is 0.390 e. The number of rotatable bonds is 2. The number of nitrogens with zero attached hydrogens (tertiary/aromatic N) is 2. The zero-order chi connectivity index (χ0) is 14.3. The van der Waals surface area contributed by atoms with E-state index in [-0.39, 0.29) is 6.61 Å². The third-order valence-corrected chi connectivity index (χ3v) is 3.94. The molecule has 3 aromatic rings. The summed E-state index contributed by atoms with van der Waals surface area (Å²) in [5.41, 5.74) is 5.48. The Labute approximate surface area is 122 Å². The van der Waals surface area contributed by atoms with Gasteiger partial charge < -0.3 is 5.11 Å². The van der Waals surface area contributed by atoms with Crippen LogP contribution in [0.25, 0.3) is 16.9 Å². The highest BCUT2D eigenvalue weighted by Gasteiger charge is 2.14. The first-order chi connectivity index (χ1) is 9.61. The highest BCUT2D eigenvalue weighted by molar-refractivity contribution is 6.31. The van der Waals surface area contributed by atoms with Crippen LogP contribution in [-0.2, 0) is 6.61 Å². The summed E-state index contributed by atoms with van der Waals surface area (Å²) in [4.78, 5) is 4.65. The molecule has 3 nitrogen and oxygen atoms in total. The summed E-state index contributed by atoms with van der Waals surface area (Å²) in [6.07, 6.45) is 0. The van der Waals surface area contributed by atoms with E-state index in [9.17, 15) is 5.11 Å². The quantitative estimate of drug-likeness (QED) is 0.779. The van der Waals surface area contributed by atoms with Crippen molar-refractivity contribution in [3.8, 4) is 11.3 Å². The van der Waals surface area contributed by atoms with Crippen LogP contribution in [0.3, 0.4) is 0 Å². The summed E-state index contributed by atoms with van der Waals surface area (Å²) in [6.45, 7) is 3.92. The molecule has 0 saturated carbocycles. The molecular weight excluding hydrogens is 272 g/mol. The van der Waals surface area contributed by atoms with E-state index < -0.39 is 0 Å². The predicted molar refractivity (Wildman–Crippen MR) is 81.0 cm³/mol. The molecule has 102 valence electrons. The van der Waals surface area contributed by atoms with E-state index in [2.05, 4.69) is 4.98 Å². The van der Waals surface area contributed by atoms with Gasteiger partial charge in [0, 0.05) is 16.3 Å². The number of aliphatic hydroxyl groups is 1. The van der Waals surface area contributed by atoms with Gasteiger partial charge in [0.25, 0.3) is 0 Å². The van der Waals surface area contributed by atoms with Crippen LogP contribution < -0.4 is 0 Å². The maximum absolute atomic E-state index is 9.73. The number of benzene rings is 1. The number of aryl methyl sites for hydroxylation is 2. The van der Waals surface area contributed by atoms with Crippen molar-refractivity contribution in [2.75, 3.05) is 0 Å². The Morgan fingerprint density at radius 1 is 1.20 bits per heavy atom. The Bertz CT molecular complexity index is 793. The van der Waals surface area contributed by atoms with Crippen molar-refractivity contribution in [3.63, 3.8) is 0 Å². The van der Waals surface area contributed by atoms with E-state index >= 15 is 0 Å². The van der Waals surface area contributed by atoms with Gasteiger partial charge in [0.1, 0.15) is 5.65 Å². The van der Waals surface area contributed by atoms with Gasteiger partial charge in [-0.3, -0.25) is 4.40 Å². The van der Waals surface area contributed by atoms with Gasteiger partial charge in [-0.2, -0.15) is 0 Å². The molecule has 0 fully saturated rings. The molecule has 2 aromatic heterocycles. The van der Waals surface area contributed by atoms with E-state index in [1.807, 2.05) is 54.6 Å². The molecule has 3 rings (SSSR count). The van der Waals surface area contributed by atoms with Crippen LogP contribution in [-0.4, -0.2) is 14.5 Å². The number of hydrogen-bond donors (Lipinski definition) is 1. The molecule has 0 aliphatic heterocycles. The molecule has 0 spiro atoms. The van der Waals surface area contributed by atoms with Crippen molar-refractivity contribution in [2.24, 2.45) is 0 Å². The highest BCUT2D eigenvalue weighted by Crippen LogP contribution is 2.28. The lowest BCUT2D eigenvalue weighted by Gasteiger charge is -2.06. The zero-order valence-electron chi connectivity index (χ0n) is 11.4. The molecule has 0 saturated heterocycles. The van der Waals surface area contributed by atoms with Gasteiger partial charge in [0.15, 0.2) is 0 Å². The standard InChI is InChI=1S/C16H15ClN2O/c1-10-8-12(6-7-13(10)17)16-14(9-20)19-11(2)4-3-5-15(19)18-16/h3-8,20H,9H2,1-2H3. The fourth-order valence-electron chi connectivity index (χ4n) is 2.50. The van der Waals surface area contributed by atoms with Crippen molar-refractivity contribution < 1.29 is 5.11 Å². The van der Waals surface area contributed by atoms with E-state index in [1.165, 1.54) is 0 Å². The van der Waals surface area contributed by atoms with Crippen LogP contribution in [0.5, 0.6) is 0 Å². The van der Waals surface area contributed by atoms with Crippen molar-refractivity contribution in [1.29, 1.82) is 0 Å². The molecule has 1 aromatic carbocycles. The Morgan fingerprint density at radius 2 is 2.00 bits per heavy atom. The normalized spacial score (nSPS) is 11.2. The van der Waals surface area contributed by atoms with Crippen LogP contribution in [0.1, 0.15) is 17.0 Å². The second kappa shape index (κ2) is 4.93. The topological polar surface area (TPSA) is 37.5 Å². The van der Waals surface area contributed by atoms with E-state index in [4.69, 9.17) is 11.6 Å². The molecular formula is C16H15ClN2O. The number of fused-ring (bicyclic) bond motifs is 1. The Kier molecular flexibility index (Phi) is 3.24. The van der Waals surface area contributed by atoms with Crippen molar-refractivity contribution in [3.05, 3.63) is 58.4 Å². The molecule has 4 heteroatoms. The molecule has 0 atom stereocenters. The molecule has 1 N–H and O–H groups in total. The summed E-state index contributed by atoms with van der Waals surface area (Å²) in [6, 6.07) is 11.7. The van der Waals surface area contributed by atoms with Gasteiger partial charge in [-0.05, 0) is 43.7 Å². The summed E-state index contributed by atoms with van der Waals surface area (Å²) >= 11 is 6.07. The second-order valence-corrected chi connectivity index (χ2v) is 5.30. The number of halogens is 1. The van der Waals surface area contributed by atoms with Gasteiger partial charge in [-0.15, -0.1) is 0 Å².